The Labute approximate surface area is 156 Å². The maximum absolute atomic E-state index is 13.9. The molecule has 1 N–H and O–H groups in total. The van der Waals surface area contributed by atoms with Crippen molar-refractivity contribution in [2.45, 2.75) is 26.8 Å². The first-order valence-electron chi connectivity index (χ1n) is 8.75. The highest BCUT2D eigenvalue weighted by Crippen LogP contribution is 2.28. The first kappa shape index (κ1) is 17.3. The van der Waals surface area contributed by atoms with Gasteiger partial charge in [-0.3, -0.25) is 4.98 Å². The average Bonchev–Trinajstić information content (AvgIpc) is 2.66. The van der Waals surface area contributed by atoms with E-state index in [1.165, 1.54) is 12.1 Å². The molecule has 27 heavy (non-hydrogen) atoms. The lowest BCUT2D eigenvalue weighted by Crippen LogP contribution is -2.32. The van der Waals surface area contributed by atoms with Crippen LogP contribution in [-0.4, -0.2) is 21.7 Å². The Balaban J connectivity index is 1.59. The number of rotatable bonds is 3. The minimum absolute atomic E-state index is 0.214. The molecule has 0 atom stereocenters. The first-order chi connectivity index (χ1) is 13.0. The molecule has 7 heteroatoms. The molecular formula is C20H19F2N5. The zero-order valence-electron chi connectivity index (χ0n) is 15.1. The van der Waals surface area contributed by atoms with Crippen LogP contribution in [0.3, 0.4) is 0 Å². The van der Waals surface area contributed by atoms with Crippen LogP contribution >= 0.6 is 0 Å². The van der Waals surface area contributed by atoms with E-state index >= 15 is 0 Å². The average molecular weight is 367 g/mol. The predicted molar refractivity (Wildman–Crippen MR) is 100 cm³/mol. The summed E-state index contributed by atoms with van der Waals surface area (Å²) in [6.07, 6.45) is 4.24. The van der Waals surface area contributed by atoms with Crippen molar-refractivity contribution in [3.8, 4) is 0 Å². The Morgan fingerprint density at radius 2 is 1.96 bits per heavy atom. The van der Waals surface area contributed by atoms with Crippen LogP contribution in [0, 0.1) is 25.5 Å². The number of fused-ring (bicyclic) bond motifs is 1. The fraction of sp³-hybridized carbons (Fsp3) is 0.250. The summed E-state index contributed by atoms with van der Waals surface area (Å²) >= 11 is 0. The third-order valence-corrected chi connectivity index (χ3v) is 4.88. The Hall–Kier alpha value is -3.09. The fourth-order valence-electron chi connectivity index (χ4n) is 3.24. The van der Waals surface area contributed by atoms with Crippen LogP contribution in [0.5, 0.6) is 0 Å². The summed E-state index contributed by atoms with van der Waals surface area (Å²) in [5.41, 5.74) is 5.17. The van der Waals surface area contributed by atoms with Gasteiger partial charge in [0, 0.05) is 31.3 Å². The smallest absolute Gasteiger partial charge is 0.154 e. The summed E-state index contributed by atoms with van der Waals surface area (Å²) in [7, 11) is 0. The molecule has 138 valence electrons. The number of benzene rings is 1. The number of hydrogen-bond acceptors (Lipinski definition) is 5. The molecule has 0 saturated heterocycles. The van der Waals surface area contributed by atoms with Crippen molar-refractivity contribution in [3.05, 3.63) is 70.7 Å². The van der Waals surface area contributed by atoms with E-state index < -0.39 is 11.6 Å². The summed E-state index contributed by atoms with van der Waals surface area (Å²) in [4.78, 5) is 6.69. The van der Waals surface area contributed by atoms with Crippen molar-refractivity contribution in [1.82, 2.24) is 15.2 Å². The van der Waals surface area contributed by atoms with E-state index in [0.717, 1.165) is 47.2 Å². The molecule has 5 nitrogen and oxygen atoms in total. The minimum Gasteiger partial charge on any atom is -0.352 e. The molecule has 1 aromatic carbocycles. The predicted octanol–water partition coefficient (Wildman–Crippen LogP) is 4.07. The lowest BCUT2D eigenvalue weighted by Gasteiger charge is -2.30. The fourth-order valence-corrected chi connectivity index (χ4v) is 3.24. The topological polar surface area (TPSA) is 53.9 Å². The molecule has 0 spiro atoms. The van der Waals surface area contributed by atoms with Gasteiger partial charge in [0.25, 0.3) is 0 Å². The highest BCUT2D eigenvalue weighted by molar-refractivity contribution is 5.61. The number of aromatic nitrogens is 3. The van der Waals surface area contributed by atoms with Crippen LogP contribution in [0.15, 0.2) is 36.7 Å². The van der Waals surface area contributed by atoms with Crippen LogP contribution in [0.2, 0.25) is 0 Å². The highest BCUT2D eigenvalue weighted by Gasteiger charge is 2.21. The van der Waals surface area contributed by atoms with Gasteiger partial charge in [0.1, 0.15) is 11.6 Å². The molecule has 1 aliphatic rings. The van der Waals surface area contributed by atoms with Crippen molar-refractivity contribution in [3.63, 3.8) is 0 Å². The molecule has 1 aliphatic heterocycles. The highest BCUT2D eigenvalue weighted by atomic mass is 19.1. The third-order valence-electron chi connectivity index (χ3n) is 4.88. The molecule has 3 heterocycles. The minimum atomic E-state index is -0.639. The van der Waals surface area contributed by atoms with Crippen LogP contribution in [0.25, 0.3) is 0 Å². The van der Waals surface area contributed by atoms with Crippen molar-refractivity contribution >= 4 is 17.2 Å². The number of nitrogens with zero attached hydrogens (tertiary/aromatic N) is 4. The van der Waals surface area contributed by atoms with Crippen LogP contribution in [-0.2, 0) is 13.0 Å². The monoisotopic (exact) mass is 367 g/mol. The number of aryl methyl sites for hydroxylation is 1. The first-order valence-corrected chi connectivity index (χ1v) is 8.75. The standard InChI is InChI=1S/C20H19F2N5/c1-12-9-24-26-20(13(12)2)27-6-5-18-14(11-27)7-16(10-23-18)25-19-4-3-15(21)8-17(19)22/h3-4,7-10,25H,5-6,11H2,1-2H3. The maximum Gasteiger partial charge on any atom is 0.154 e. The molecule has 0 saturated carbocycles. The van der Waals surface area contributed by atoms with Gasteiger partial charge in [-0.1, -0.05) is 0 Å². The molecule has 3 aromatic rings. The Morgan fingerprint density at radius 1 is 1.11 bits per heavy atom. The normalized spacial score (nSPS) is 13.4. The van der Waals surface area contributed by atoms with Crippen molar-refractivity contribution in [2.75, 3.05) is 16.8 Å². The van der Waals surface area contributed by atoms with Gasteiger partial charge < -0.3 is 10.2 Å². The van der Waals surface area contributed by atoms with E-state index in [1.807, 2.05) is 19.9 Å². The Bertz CT molecular complexity index is 1010. The molecule has 0 radical (unpaired) electrons. The van der Waals surface area contributed by atoms with Gasteiger partial charge in [0.15, 0.2) is 5.82 Å². The number of anilines is 3. The van der Waals surface area contributed by atoms with Gasteiger partial charge in [-0.05, 0) is 48.7 Å². The van der Waals surface area contributed by atoms with E-state index in [-0.39, 0.29) is 5.69 Å². The molecule has 0 unspecified atom stereocenters. The zero-order valence-corrected chi connectivity index (χ0v) is 15.1. The van der Waals surface area contributed by atoms with Gasteiger partial charge in [-0.2, -0.15) is 5.10 Å². The van der Waals surface area contributed by atoms with Gasteiger partial charge in [0.2, 0.25) is 0 Å². The van der Waals surface area contributed by atoms with E-state index in [2.05, 4.69) is 25.4 Å². The second-order valence-electron chi connectivity index (χ2n) is 6.73. The SMILES string of the molecule is Cc1cnnc(N2CCc3ncc(Nc4ccc(F)cc4F)cc3C2)c1C. The summed E-state index contributed by atoms with van der Waals surface area (Å²) in [6.45, 7) is 5.54. The summed E-state index contributed by atoms with van der Waals surface area (Å²) in [5.74, 6) is -0.365. The lowest BCUT2D eigenvalue weighted by atomic mass is 10.0. The van der Waals surface area contributed by atoms with Gasteiger partial charge in [0.05, 0.1) is 23.8 Å². The van der Waals surface area contributed by atoms with Crippen molar-refractivity contribution in [1.29, 1.82) is 0 Å². The van der Waals surface area contributed by atoms with Crippen molar-refractivity contribution < 1.29 is 8.78 Å². The molecule has 0 bridgehead atoms. The molecule has 4 rings (SSSR count). The number of nitrogens with one attached hydrogen (secondary N) is 1. The summed E-state index contributed by atoms with van der Waals surface area (Å²) in [6, 6.07) is 5.41. The van der Waals surface area contributed by atoms with Crippen LogP contribution in [0.1, 0.15) is 22.4 Å². The van der Waals surface area contributed by atoms with Crippen LogP contribution in [0.4, 0.5) is 26.0 Å². The maximum atomic E-state index is 13.9. The van der Waals surface area contributed by atoms with Gasteiger partial charge >= 0.3 is 0 Å². The Morgan fingerprint density at radius 3 is 2.78 bits per heavy atom. The van der Waals surface area contributed by atoms with Gasteiger partial charge in [-0.15, -0.1) is 5.10 Å². The zero-order chi connectivity index (χ0) is 19.0. The van der Waals surface area contributed by atoms with E-state index in [4.69, 9.17) is 0 Å². The van der Waals surface area contributed by atoms with Crippen LogP contribution < -0.4 is 10.2 Å². The quantitative estimate of drug-likeness (QED) is 0.756. The summed E-state index contributed by atoms with van der Waals surface area (Å²) in [5, 5.41) is 11.3. The van der Waals surface area contributed by atoms with E-state index in [0.29, 0.717) is 12.2 Å². The van der Waals surface area contributed by atoms with Crippen molar-refractivity contribution in [2.24, 2.45) is 0 Å². The van der Waals surface area contributed by atoms with Gasteiger partial charge in [-0.25, -0.2) is 8.78 Å². The van der Waals surface area contributed by atoms with E-state index in [1.54, 1.807) is 12.4 Å². The molecule has 0 aliphatic carbocycles. The molecule has 2 aromatic heterocycles. The Kier molecular flexibility index (Phi) is 4.43. The second-order valence-corrected chi connectivity index (χ2v) is 6.73. The molecule has 0 fully saturated rings. The number of halogens is 2. The van der Waals surface area contributed by atoms with E-state index in [9.17, 15) is 8.78 Å². The lowest BCUT2D eigenvalue weighted by molar-refractivity contribution is 0.586. The number of pyridine rings is 1. The third kappa shape index (κ3) is 3.45. The molecular weight excluding hydrogens is 348 g/mol. The number of hydrogen-bond donors (Lipinski definition) is 1. The second kappa shape index (κ2) is 6.90. The molecule has 0 amide bonds. The largest absolute Gasteiger partial charge is 0.352 e. The summed E-state index contributed by atoms with van der Waals surface area (Å²) < 4.78 is 27.0.